The summed E-state index contributed by atoms with van der Waals surface area (Å²) in [4.78, 5) is 0.517. The normalized spacial score (nSPS) is 26.4. The summed E-state index contributed by atoms with van der Waals surface area (Å²) in [6, 6.07) is 5.73. The van der Waals surface area contributed by atoms with Gasteiger partial charge in [0.15, 0.2) is 9.84 Å². The van der Waals surface area contributed by atoms with E-state index >= 15 is 0 Å². The minimum atomic E-state index is -3.22. The Balaban J connectivity index is 1.94. The molecule has 2 atom stereocenters. The molecule has 0 spiro atoms. The molecule has 0 heterocycles. The molecule has 0 aliphatic heterocycles. The lowest BCUT2D eigenvalue weighted by Gasteiger charge is -2.30. The molecule has 2 unspecified atom stereocenters. The summed E-state index contributed by atoms with van der Waals surface area (Å²) in [6.45, 7) is 0.481. The van der Waals surface area contributed by atoms with Gasteiger partial charge < -0.3 is 5.73 Å². The zero-order valence-corrected chi connectivity index (χ0v) is 12.7. The van der Waals surface area contributed by atoms with Crippen LogP contribution in [0.1, 0.15) is 43.2 Å². The number of benzene rings is 1. The maximum atomic E-state index is 12.9. The Morgan fingerprint density at radius 2 is 1.80 bits per heavy atom. The highest BCUT2D eigenvalue weighted by Crippen LogP contribution is 2.34. The van der Waals surface area contributed by atoms with Crippen molar-refractivity contribution in [3.05, 3.63) is 29.3 Å². The molecule has 1 aromatic carbocycles. The molecule has 2 aliphatic rings. The molecule has 2 aliphatic carbocycles. The van der Waals surface area contributed by atoms with Crippen molar-refractivity contribution in [2.45, 2.75) is 55.1 Å². The molecule has 110 valence electrons. The molecule has 0 radical (unpaired) electrons. The predicted octanol–water partition coefficient (Wildman–Crippen LogP) is 2.47. The lowest BCUT2D eigenvalue weighted by molar-refractivity contribution is 0.363. The van der Waals surface area contributed by atoms with Gasteiger partial charge >= 0.3 is 0 Å². The van der Waals surface area contributed by atoms with Gasteiger partial charge in [0.1, 0.15) is 0 Å². The fourth-order valence-electron chi connectivity index (χ4n) is 3.75. The van der Waals surface area contributed by atoms with Crippen LogP contribution in [0.15, 0.2) is 23.1 Å². The van der Waals surface area contributed by atoms with Gasteiger partial charge in [-0.25, -0.2) is 8.42 Å². The van der Waals surface area contributed by atoms with Crippen LogP contribution in [0.3, 0.4) is 0 Å². The highest BCUT2D eigenvalue weighted by atomic mass is 32.2. The first kappa shape index (κ1) is 14.1. The lowest BCUT2D eigenvalue weighted by Crippen LogP contribution is -2.37. The topological polar surface area (TPSA) is 60.2 Å². The largest absolute Gasteiger partial charge is 0.330 e. The minimum Gasteiger partial charge on any atom is -0.330 e. The molecule has 3 nitrogen and oxygen atoms in total. The van der Waals surface area contributed by atoms with E-state index in [4.69, 9.17) is 5.73 Å². The smallest absolute Gasteiger partial charge is 0.181 e. The summed E-state index contributed by atoms with van der Waals surface area (Å²) < 4.78 is 25.8. The van der Waals surface area contributed by atoms with E-state index in [1.54, 1.807) is 0 Å². The zero-order valence-electron chi connectivity index (χ0n) is 11.8. The third-order valence-electron chi connectivity index (χ3n) is 4.94. The van der Waals surface area contributed by atoms with E-state index in [-0.39, 0.29) is 11.2 Å². The maximum Gasteiger partial charge on any atom is 0.181 e. The highest BCUT2D eigenvalue weighted by molar-refractivity contribution is 7.92. The molecule has 2 N–H and O–H groups in total. The van der Waals surface area contributed by atoms with Gasteiger partial charge in [0.05, 0.1) is 10.1 Å². The van der Waals surface area contributed by atoms with Crippen LogP contribution in [0, 0.1) is 5.92 Å². The van der Waals surface area contributed by atoms with Crippen molar-refractivity contribution in [3.8, 4) is 0 Å². The average molecular weight is 293 g/mol. The van der Waals surface area contributed by atoms with Crippen molar-refractivity contribution in [1.29, 1.82) is 0 Å². The molecule has 3 rings (SSSR count). The molecule has 0 saturated heterocycles. The van der Waals surface area contributed by atoms with E-state index in [9.17, 15) is 8.42 Å². The van der Waals surface area contributed by atoms with Gasteiger partial charge in [-0.05, 0) is 67.8 Å². The van der Waals surface area contributed by atoms with Gasteiger partial charge in [-0.1, -0.05) is 18.9 Å². The molecule has 4 heteroatoms. The standard InChI is InChI=1S/C16H23NO2S/c17-11-14-4-1-2-7-16(14)20(18,19)15-9-8-12-5-3-6-13(12)10-15/h8-10,14,16H,1-7,11,17H2. The van der Waals surface area contributed by atoms with Crippen molar-refractivity contribution in [2.75, 3.05) is 6.54 Å². The van der Waals surface area contributed by atoms with Crippen molar-refractivity contribution >= 4 is 9.84 Å². The van der Waals surface area contributed by atoms with Crippen molar-refractivity contribution in [1.82, 2.24) is 0 Å². The summed E-state index contributed by atoms with van der Waals surface area (Å²) in [6.07, 6.45) is 7.08. The summed E-state index contributed by atoms with van der Waals surface area (Å²) in [5.41, 5.74) is 8.34. The first-order valence-electron chi connectivity index (χ1n) is 7.68. The van der Waals surface area contributed by atoms with E-state index in [1.807, 2.05) is 18.2 Å². The molecule has 0 bridgehead atoms. The van der Waals surface area contributed by atoms with E-state index < -0.39 is 9.84 Å². The van der Waals surface area contributed by atoms with Crippen LogP contribution in [-0.4, -0.2) is 20.2 Å². The third-order valence-corrected chi connectivity index (χ3v) is 7.27. The number of aryl methyl sites for hydroxylation is 2. The zero-order chi connectivity index (χ0) is 14.2. The summed E-state index contributed by atoms with van der Waals surface area (Å²) in [5, 5.41) is -0.277. The molecule has 1 saturated carbocycles. The van der Waals surface area contributed by atoms with Crippen molar-refractivity contribution in [3.63, 3.8) is 0 Å². The van der Waals surface area contributed by atoms with Crippen LogP contribution in [0.4, 0.5) is 0 Å². The quantitative estimate of drug-likeness (QED) is 0.931. The van der Waals surface area contributed by atoms with Gasteiger partial charge in [0.2, 0.25) is 0 Å². The second kappa shape index (κ2) is 5.49. The Morgan fingerprint density at radius 1 is 1.05 bits per heavy atom. The minimum absolute atomic E-state index is 0.127. The average Bonchev–Trinajstić information content (AvgIpc) is 2.94. The van der Waals surface area contributed by atoms with Crippen LogP contribution in [0.25, 0.3) is 0 Å². The molecule has 0 aromatic heterocycles. The van der Waals surface area contributed by atoms with E-state index in [0.29, 0.717) is 11.4 Å². The van der Waals surface area contributed by atoms with E-state index in [2.05, 4.69) is 0 Å². The second-order valence-electron chi connectivity index (χ2n) is 6.15. The predicted molar refractivity (Wildman–Crippen MR) is 80.5 cm³/mol. The first-order chi connectivity index (χ1) is 9.63. The number of hydrogen-bond acceptors (Lipinski definition) is 3. The summed E-state index contributed by atoms with van der Waals surface area (Å²) in [7, 11) is -3.22. The Kier molecular flexibility index (Phi) is 3.87. The lowest BCUT2D eigenvalue weighted by atomic mass is 9.89. The number of hydrogen-bond donors (Lipinski definition) is 1. The summed E-state index contributed by atoms with van der Waals surface area (Å²) in [5.74, 6) is 0.127. The van der Waals surface area contributed by atoms with Crippen LogP contribution in [0.2, 0.25) is 0 Å². The monoisotopic (exact) mass is 293 g/mol. The molecular formula is C16H23NO2S. The third kappa shape index (κ3) is 2.40. The molecule has 20 heavy (non-hydrogen) atoms. The van der Waals surface area contributed by atoms with Crippen LogP contribution >= 0.6 is 0 Å². The maximum absolute atomic E-state index is 12.9. The molecule has 1 aromatic rings. The Hall–Kier alpha value is -0.870. The molecular weight excluding hydrogens is 270 g/mol. The number of nitrogens with two attached hydrogens (primary N) is 1. The van der Waals surface area contributed by atoms with Gasteiger partial charge in [0.25, 0.3) is 0 Å². The SMILES string of the molecule is NCC1CCCCC1S(=O)(=O)c1ccc2c(c1)CCC2. The van der Waals surface area contributed by atoms with Gasteiger partial charge in [-0.3, -0.25) is 0 Å². The molecule has 1 fully saturated rings. The number of fused-ring (bicyclic) bond motifs is 1. The Labute approximate surface area is 121 Å². The van der Waals surface area contributed by atoms with E-state index in [1.165, 1.54) is 11.1 Å². The first-order valence-corrected chi connectivity index (χ1v) is 9.23. The van der Waals surface area contributed by atoms with Crippen molar-refractivity contribution < 1.29 is 8.42 Å². The number of sulfone groups is 1. The van der Waals surface area contributed by atoms with Gasteiger partial charge in [-0.15, -0.1) is 0 Å². The molecule has 0 amide bonds. The second-order valence-corrected chi connectivity index (χ2v) is 8.31. The fraction of sp³-hybridized carbons (Fsp3) is 0.625. The fourth-order valence-corrected chi connectivity index (χ4v) is 5.90. The highest BCUT2D eigenvalue weighted by Gasteiger charge is 2.36. The van der Waals surface area contributed by atoms with Crippen LogP contribution < -0.4 is 5.73 Å². The van der Waals surface area contributed by atoms with Crippen LogP contribution in [0.5, 0.6) is 0 Å². The Bertz CT molecular complexity index is 594. The van der Waals surface area contributed by atoms with Gasteiger partial charge in [0, 0.05) is 0 Å². The number of rotatable bonds is 3. The van der Waals surface area contributed by atoms with Gasteiger partial charge in [-0.2, -0.15) is 0 Å². The summed E-state index contributed by atoms with van der Waals surface area (Å²) >= 11 is 0. The van der Waals surface area contributed by atoms with Crippen LogP contribution in [-0.2, 0) is 22.7 Å². The van der Waals surface area contributed by atoms with E-state index in [0.717, 1.165) is 44.9 Å². The Morgan fingerprint density at radius 3 is 2.60 bits per heavy atom. The van der Waals surface area contributed by atoms with Crippen molar-refractivity contribution in [2.24, 2.45) is 11.7 Å².